The summed E-state index contributed by atoms with van der Waals surface area (Å²) in [5, 5.41) is 15.1. The quantitative estimate of drug-likeness (QED) is 0.488. The van der Waals surface area contributed by atoms with Gasteiger partial charge >= 0.3 is 0 Å². The van der Waals surface area contributed by atoms with E-state index < -0.39 is 0 Å². The predicted octanol–water partition coefficient (Wildman–Crippen LogP) is 6.00. The molecule has 6 rings (SSSR count). The Labute approximate surface area is 180 Å². The Morgan fingerprint density at radius 3 is 2.33 bits per heavy atom. The number of anilines is 1. The molecular weight excluding hydrogens is 374 g/mol. The molecule has 5 fully saturated rings. The molecule has 1 aromatic carbocycles. The van der Waals surface area contributed by atoms with Crippen LogP contribution in [0.15, 0.2) is 24.3 Å². The van der Waals surface area contributed by atoms with E-state index in [0.29, 0.717) is 23.7 Å². The summed E-state index contributed by atoms with van der Waals surface area (Å²) in [5.41, 5.74) is 0.914. The number of hydrogen-bond donors (Lipinski definition) is 1. The van der Waals surface area contributed by atoms with E-state index in [0.717, 1.165) is 24.3 Å². The first-order chi connectivity index (χ1) is 14.7. The van der Waals surface area contributed by atoms with Gasteiger partial charge in [0.2, 0.25) is 0 Å². The van der Waals surface area contributed by atoms with Crippen LogP contribution in [0.2, 0.25) is 0 Å². The SMILES string of the molecule is O=[N+]([O-])c1ccccc1N[C@H]1C[C@H]2CCCCC1CN2[C@@H]1C[C@@H]2CCCC[C@@H](C2)C1. The van der Waals surface area contributed by atoms with Crippen LogP contribution < -0.4 is 5.32 Å². The van der Waals surface area contributed by atoms with Crippen LogP contribution >= 0.6 is 0 Å². The minimum Gasteiger partial charge on any atom is -0.376 e. The summed E-state index contributed by atoms with van der Waals surface area (Å²) >= 11 is 0. The van der Waals surface area contributed by atoms with Crippen molar-refractivity contribution in [3.05, 3.63) is 34.4 Å². The molecule has 2 heterocycles. The highest BCUT2D eigenvalue weighted by Crippen LogP contribution is 2.44. The first-order valence-corrected chi connectivity index (χ1v) is 12.4. The number of fused-ring (bicyclic) bond motifs is 7. The van der Waals surface area contributed by atoms with Crippen molar-refractivity contribution >= 4 is 11.4 Å². The van der Waals surface area contributed by atoms with Gasteiger partial charge < -0.3 is 5.32 Å². The van der Waals surface area contributed by atoms with Crippen LogP contribution in [-0.4, -0.2) is 34.5 Å². The highest BCUT2D eigenvalue weighted by Gasteiger charge is 2.42. The smallest absolute Gasteiger partial charge is 0.292 e. The lowest BCUT2D eigenvalue weighted by Crippen LogP contribution is -2.57. The summed E-state index contributed by atoms with van der Waals surface area (Å²) in [7, 11) is 0. The van der Waals surface area contributed by atoms with Gasteiger partial charge in [0.15, 0.2) is 0 Å². The molecule has 1 N–H and O–H groups in total. The summed E-state index contributed by atoms with van der Waals surface area (Å²) in [5.74, 6) is 2.52. The lowest BCUT2D eigenvalue weighted by molar-refractivity contribution is -0.384. The Morgan fingerprint density at radius 1 is 0.867 bits per heavy atom. The van der Waals surface area contributed by atoms with Crippen molar-refractivity contribution in [1.29, 1.82) is 0 Å². The lowest BCUT2D eigenvalue weighted by Gasteiger charge is -2.52. The zero-order valence-corrected chi connectivity index (χ0v) is 18.2. The molecule has 0 amide bonds. The number of nitrogens with one attached hydrogen (secondary N) is 1. The Bertz CT molecular complexity index is 740. The Kier molecular flexibility index (Phi) is 5.99. The number of piperidine rings is 1. The molecule has 5 nitrogen and oxygen atoms in total. The minimum absolute atomic E-state index is 0.212. The average Bonchev–Trinajstić information content (AvgIpc) is 2.89. The van der Waals surface area contributed by atoms with Crippen LogP contribution in [0.5, 0.6) is 0 Å². The van der Waals surface area contributed by atoms with Crippen molar-refractivity contribution < 1.29 is 4.92 Å². The van der Waals surface area contributed by atoms with Gasteiger partial charge in [-0.15, -0.1) is 0 Å². The highest BCUT2D eigenvalue weighted by atomic mass is 16.6. The van der Waals surface area contributed by atoms with Gasteiger partial charge in [0.25, 0.3) is 5.69 Å². The van der Waals surface area contributed by atoms with Gasteiger partial charge in [-0.1, -0.05) is 50.7 Å². The summed E-state index contributed by atoms with van der Waals surface area (Å²) in [4.78, 5) is 14.2. The number of nitrogens with zero attached hydrogens (tertiary/aromatic N) is 2. The molecule has 5 aliphatic rings. The summed E-state index contributed by atoms with van der Waals surface area (Å²) < 4.78 is 0. The van der Waals surface area contributed by atoms with Crippen LogP contribution in [-0.2, 0) is 0 Å². The van der Waals surface area contributed by atoms with E-state index in [1.807, 2.05) is 12.1 Å². The average molecular weight is 412 g/mol. The van der Waals surface area contributed by atoms with E-state index in [-0.39, 0.29) is 10.6 Å². The van der Waals surface area contributed by atoms with Crippen molar-refractivity contribution in [1.82, 2.24) is 4.90 Å². The maximum Gasteiger partial charge on any atom is 0.292 e. The van der Waals surface area contributed by atoms with Crippen molar-refractivity contribution in [3.8, 4) is 0 Å². The Hall–Kier alpha value is -1.62. The maximum atomic E-state index is 11.5. The number of hydrogen-bond acceptors (Lipinski definition) is 4. The largest absolute Gasteiger partial charge is 0.376 e. The van der Waals surface area contributed by atoms with Gasteiger partial charge in [0.1, 0.15) is 5.69 Å². The van der Waals surface area contributed by atoms with Crippen LogP contribution in [0.1, 0.15) is 77.0 Å². The van der Waals surface area contributed by atoms with Gasteiger partial charge in [0.05, 0.1) is 4.92 Å². The van der Waals surface area contributed by atoms with Crippen LogP contribution in [0, 0.1) is 27.9 Å². The van der Waals surface area contributed by atoms with Crippen molar-refractivity contribution in [3.63, 3.8) is 0 Å². The second-order valence-electron chi connectivity index (χ2n) is 10.5. The van der Waals surface area contributed by atoms with E-state index >= 15 is 0 Å². The molecular formula is C25H37N3O2. The van der Waals surface area contributed by atoms with E-state index in [4.69, 9.17) is 0 Å². The molecule has 1 unspecified atom stereocenters. The minimum atomic E-state index is -0.250. The van der Waals surface area contributed by atoms with Gasteiger partial charge in [-0.3, -0.25) is 15.0 Å². The number of nitro groups is 1. The maximum absolute atomic E-state index is 11.5. The second kappa shape index (κ2) is 8.86. The summed E-state index contributed by atoms with van der Waals surface area (Å²) in [6, 6.07) is 8.97. The third kappa shape index (κ3) is 4.23. The topological polar surface area (TPSA) is 58.4 Å². The third-order valence-corrected chi connectivity index (χ3v) is 8.63. The number of rotatable bonds is 4. The Morgan fingerprint density at radius 2 is 1.57 bits per heavy atom. The molecule has 30 heavy (non-hydrogen) atoms. The highest BCUT2D eigenvalue weighted by molar-refractivity contribution is 5.61. The van der Waals surface area contributed by atoms with Crippen molar-refractivity contribution in [2.75, 3.05) is 11.9 Å². The normalized spacial score (nSPS) is 37.1. The molecule has 2 saturated heterocycles. The molecule has 6 atom stereocenters. The fraction of sp³-hybridized carbons (Fsp3) is 0.760. The summed E-state index contributed by atoms with van der Waals surface area (Å²) in [6.45, 7) is 1.19. The Balaban J connectivity index is 1.33. The van der Waals surface area contributed by atoms with Gasteiger partial charge in [-0.05, 0) is 62.3 Å². The van der Waals surface area contributed by atoms with Crippen molar-refractivity contribution in [2.45, 2.75) is 95.2 Å². The molecule has 2 aliphatic heterocycles. The molecule has 0 spiro atoms. The first-order valence-electron chi connectivity index (χ1n) is 12.4. The number of nitro benzene ring substituents is 1. The predicted molar refractivity (Wildman–Crippen MR) is 121 cm³/mol. The second-order valence-corrected chi connectivity index (χ2v) is 10.5. The van der Waals surface area contributed by atoms with E-state index in [9.17, 15) is 10.1 Å². The molecule has 164 valence electrons. The van der Waals surface area contributed by atoms with Gasteiger partial charge in [-0.2, -0.15) is 0 Å². The van der Waals surface area contributed by atoms with E-state index in [2.05, 4.69) is 10.2 Å². The zero-order valence-electron chi connectivity index (χ0n) is 18.2. The van der Waals surface area contributed by atoms with Gasteiger partial charge in [0, 0.05) is 30.7 Å². The monoisotopic (exact) mass is 411 g/mol. The fourth-order valence-electron chi connectivity index (χ4n) is 7.25. The van der Waals surface area contributed by atoms with Gasteiger partial charge in [-0.25, -0.2) is 0 Å². The molecule has 0 radical (unpaired) electrons. The van der Waals surface area contributed by atoms with Crippen LogP contribution in [0.3, 0.4) is 0 Å². The van der Waals surface area contributed by atoms with Crippen molar-refractivity contribution in [2.24, 2.45) is 17.8 Å². The lowest BCUT2D eigenvalue weighted by atomic mass is 9.73. The molecule has 4 bridgehead atoms. The fourth-order valence-corrected chi connectivity index (χ4v) is 7.25. The molecule has 5 heteroatoms. The molecule has 3 aliphatic carbocycles. The first kappa shape index (κ1) is 20.3. The summed E-state index contributed by atoms with van der Waals surface area (Å²) in [6.07, 6.45) is 16.5. The molecule has 3 saturated carbocycles. The number of para-hydroxylation sites is 2. The van der Waals surface area contributed by atoms with Crippen LogP contribution in [0.4, 0.5) is 11.4 Å². The number of benzene rings is 1. The van der Waals surface area contributed by atoms with E-state index in [1.165, 1.54) is 77.2 Å². The third-order valence-electron chi connectivity index (χ3n) is 8.63. The standard InChI is InChI=1S/C25H37N3O2/c29-28(30)25-12-6-5-11-23(25)26-24-16-21-10-4-3-9-20(24)17-27(21)22-14-18-7-1-2-8-19(13-18)15-22/h5-6,11-12,18-22,24,26H,1-4,7-10,13-17H2/t18-,19+,20?,21-,22-,24+/m1/s1. The van der Waals surface area contributed by atoms with Crippen LogP contribution in [0.25, 0.3) is 0 Å². The molecule has 1 aromatic rings. The van der Waals surface area contributed by atoms with E-state index in [1.54, 1.807) is 12.1 Å². The molecule has 0 aromatic heterocycles. The zero-order chi connectivity index (χ0) is 20.5.